The zero-order valence-electron chi connectivity index (χ0n) is 25.1. The summed E-state index contributed by atoms with van der Waals surface area (Å²) in [5, 5.41) is 10.9. The number of likely N-dealkylation sites (N-methyl/N-ethyl adjacent to an activating group) is 1. The van der Waals surface area contributed by atoms with Crippen molar-refractivity contribution in [2.24, 2.45) is 0 Å². The fraction of sp³-hybridized carbons (Fsp3) is 0.343. The maximum Gasteiger partial charge on any atom is 0.208 e. The van der Waals surface area contributed by atoms with Crippen LogP contribution in [0.1, 0.15) is 63.8 Å². The van der Waals surface area contributed by atoms with Gasteiger partial charge in [0.25, 0.3) is 0 Å². The second kappa shape index (κ2) is 13.9. The Morgan fingerprint density at radius 1 is 0.725 bits per heavy atom. The van der Waals surface area contributed by atoms with Crippen LogP contribution in [0, 0.1) is 0 Å². The van der Waals surface area contributed by atoms with Crippen molar-refractivity contribution < 1.29 is 4.99 Å². The molecular weight excluding hydrogens is 490 g/mol. The predicted molar refractivity (Wildman–Crippen MR) is 175 cm³/mol. The minimum Gasteiger partial charge on any atom is -0.385 e. The Morgan fingerprint density at radius 3 is 2.02 bits per heavy atom. The van der Waals surface area contributed by atoms with E-state index in [1.165, 1.54) is 39.1 Å². The maximum atomic E-state index is 3.72. The van der Waals surface area contributed by atoms with Gasteiger partial charge in [0, 0.05) is 78.3 Å². The fourth-order valence-electron chi connectivity index (χ4n) is 5.59. The summed E-state index contributed by atoms with van der Waals surface area (Å²) in [6.07, 6.45) is 2.29. The summed E-state index contributed by atoms with van der Waals surface area (Å²) in [6, 6.07) is 24.6. The Bertz CT molecular complexity index is 1380. The van der Waals surface area contributed by atoms with Gasteiger partial charge in [0.15, 0.2) is 0 Å². The highest BCUT2D eigenvalue weighted by atomic mass is 15.1. The van der Waals surface area contributed by atoms with E-state index in [4.69, 9.17) is 0 Å². The number of hydrogen-bond acceptors (Lipinski definition) is 4. The highest BCUT2D eigenvalue weighted by molar-refractivity contribution is 6.19. The highest BCUT2D eigenvalue weighted by Gasteiger charge is 2.28. The molecule has 0 amide bonds. The molecule has 0 spiro atoms. The molecule has 1 aliphatic rings. The van der Waals surface area contributed by atoms with Crippen LogP contribution in [0.2, 0.25) is 0 Å². The molecular formula is C35H46N5+. The van der Waals surface area contributed by atoms with Crippen LogP contribution in [0.3, 0.4) is 0 Å². The van der Waals surface area contributed by atoms with Crippen LogP contribution in [-0.2, 0) is 0 Å². The lowest BCUT2D eigenvalue weighted by Gasteiger charge is -2.27. The van der Waals surface area contributed by atoms with Crippen molar-refractivity contribution in [2.75, 3.05) is 54.8 Å². The van der Waals surface area contributed by atoms with Crippen molar-refractivity contribution in [2.45, 2.75) is 41.5 Å². The van der Waals surface area contributed by atoms with E-state index in [1.54, 1.807) is 0 Å². The van der Waals surface area contributed by atoms with Gasteiger partial charge in [0.05, 0.1) is 5.56 Å². The Hall–Kier alpha value is -3.99. The van der Waals surface area contributed by atoms with Crippen molar-refractivity contribution in [1.82, 2.24) is 5.32 Å². The molecule has 5 nitrogen and oxygen atoms in total. The fourth-order valence-corrected chi connectivity index (χ4v) is 5.59. The summed E-state index contributed by atoms with van der Waals surface area (Å²) in [4.78, 5) is 6.00. The quantitative estimate of drug-likeness (QED) is 0.238. The summed E-state index contributed by atoms with van der Waals surface area (Å²) < 4.78 is 0. The lowest BCUT2D eigenvalue weighted by molar-refractivity contribution is -0.450. The third-order valence-corrected chi connectivity index (χ3v) is 7.35. The first-order valence-electron chi connectivity index (χ1n) is 15.0. The van der Waals surface area contributed by atoms with E-state index in [-0.39, 0.29) is 0 Å². The van der Waals surface area contributed by atoms with Crippen LogP contribution < -0.4 is 25.8 Å². The molecule has 0 bridgehead atoms. The molecule has 0 saturated carbocycles. The summed E-state index contributed by atoms with van der Waals surface area (Å²) in [6.45, 7) is 18.5. The lowest BCUT2D eigenvalue weighted by atomic mass is 9.81. The van der Waals surface area contributed by atoms with Gasteiger partial charge in [-0.2, -0.15) is 0 Å². The van der Waals surface area contributed by atoms with Crippen LogP contribution in [0.5, 0.6) is 0 Å². The van der Waals surface area contributed by atoms with Crippen molar-refractivity contribution in [3.05, 3.63) is 101 Å². The second-order valence-corrected chi connectivity index (χ2v) is 9.87. The molecule has 0 atom stereocenters. The van der Waals surface area contributed by atoms with Crippen LogP contribution in [0.15, 0.2) is 78.5 Å². The van der Waals surface area contributed by atoms with E-state index in [0.717, 1.165) is 62.1 Å². The second-order valence-electron chi connectivity index (χ2n) is 9.87. The van der Waals surface area contributed by atoms with Crippen molar-refractivity contribution >= 4 is 33.9 Å². The highest BCUT2D eigenvalue weighted by Crippen LogP contribution is 2.42. The molecule has 3 aromatic rings. The van der Waals surface area contributed by atoms with Crippen molar-refractivity contribution in [3.63, 3.8) is 0 Å². The summed E-state index contributed by atoms with van der Waals surface area (Å²) in [5.41, 5.74) is 13.1. The SMILES string of the molecule is CCNC1=CC(=[NH+]CC)c2ccccc2C1=C(c1ccc(N(CC)CC)cc1)c1ccc(NCC)cc1NCC. The normalized spacial score (nSPS) is 14.8. The van der Waals surface area contributed by atoms with E-state index in [2.05, 4.69) is 140 Å². The molecule has 0 heterocycles. The number of fused-ring (bicyclic) bond motifs is 1. The first kappa shape index (κ1) is 29.0. The molecule has 0 fully saturated rings. The third kappa shape index (κ3) is 6.09. The van der Waals surface area contributed by atoms with Crippen LogP contribution in [-0.4, -0.2) is 45.0 Å². The third-order valence-electron chi connectivity index (χ3n) is 7.35. The van der Waals surface area contributed by atoms with E-state index in [0.29, 0.717) is 0 Å². The number of anilines is 3. The van der Waals surface area contributed by atoms with E-state index in [1.807, 2.05) is 0 Å². The average molecular weight is 537 g/mol. The number of rotatable bonds is 12. The summed E-state index contributed by atoms with van der Waals surface area (Å²) in [5.74, 6) is 0. The van der Waals surface area contributed by atoms with Gasteiger partial charge < -0.3 is 20.9 Å². The zero-order chi connectivity index (χ0) is 28.5. The summed E-state index contributed by atoms with van der Waals surface area (Å²) >= 11 is 0. The van der Waals surface area contributed by atoms with Gasteiger partial charge in [0.2, 0.25) is 5.71 Å². The Balaban J connectivity index is 2.08. The topological polar surface area (TPSA) is 53.3 Å². The van der Waals surface area contributed by atoms with Crippen LogP contribution in [0.25, 0.3) is 11.1 Å². The Morgan fingerprint density at radius 2 is 1.40 bits per heavy atom. The number of benzene rings is 3. The van der Waals surface area contributed by atoms with Gasteiger partial charge in [-0.05, 0) is 83.0 Å². The van der Waals surface area contributed by atoms with Crippen LogP contribution >= 0.6 is 0 Å². The number of allylic oxidation sites excluding steroid dienone is 2. The largest absolute Gasteiger partial charge is 0.385 e. The van der Waals surface area contributed by atoms with Gasteiger partial charge in [-0.3, -0.25) is 0 Å². The van der Waals surface area contributed by atoms with Gasteiger partial charge in [-0.1, -0.05) is 36.4 Å². The minimum absolute atomic E-state index is 0.838. The van der Waals surface area contributed by atoms with Gasteiger partial charge in [-0.15, -0.1) is 0 Å². The molecule has 0 aromatic heterocycles. The maximum absolute atomic E-state index is 3.72. The molecule has 4 N–H and O–H groups in total. The number of nitrogens with one attached hydrogen (secondary N) is 4. The molecule has 3 aromatic carbocycles. The molecule has 40 heavy (non-hydrogen) atoms. The number of nitrogens with zero attached hydrogens (tertiary/aromatic N) is 1. The lowest BCUT2D eigenvalue weighted by Crippen LogP contribution is -2.72. The smallest absolute Gasteiger partial charge is 0.208 e. The predicted octanol–water partition coefficient (Wildman–Crippen LogP) is 5.75. The summed E-state index contributed by atoms with van der Waals surface area (Å²) in [7, 11) is 0. The monoisotopic (exact) mass is 536 g/mol. The molecule has 0 unspecified atom stereocenters. The average Bonchev–Trinajstić information content (AvgIpc) is 2.97. The van der Waals surface area contributed by atoms with Gasteiger partial charge in [0.1, 0.15) is 6.54 Å². The first-order chi connectivity index (χ1) is 19.6. The zero-order valence-corrected chi connectivity index (χ0v) is 25.1. The Kier molecular flexibility index (Phi) is 10.1. The van der Waals surface area contributed by atoms with Crippen molar-refractivity contribution in [3.8, 4) is 0 Å². The van der Waals surface area contributed by atoms with Gasteiger partial charge in [-0.25, -0.2) is 4.99 Å². The standard InChI is InChI=1S/C35H45N5/c1-7-36-26-19-22-30(31(23-26)37-8-2)34(25-17-20-27(21-18-25)40(11-5)12-6)35-29-16-14-13-15-28(29)32(38-9-3)24-33(35)39-10-4/h13-24,36-37,39H,7-12H2,1-6H3/p+1. The minimum atomic E-state index is 0.838. The van der Waals surface area contributed by atoms with Crippen LogP contribution in [0.4, 0.5) is 17.1 Å². The molecule has 0 radical (unpaired) electrons. The van der Waals surface area contributed by atoms with E-state index < -0.39 is 0 Å². The van der Waals surface area contributed by atoms with Crippen molar-refractivity contribution in [1.29, 1.82) is 0 Å². The molecule has 0 aliphatic heterocycles. The Labute approximate surface area is 241 Å². The molecule has 0 saturated heterocycles. The number of hydrogen-bond donors (Lipinski definition) is 4. The molecule has 5 heteroatoms. The molecule has 210 valence electrons. The van der Waals surface area contributed by atoms with E-state index in [9.17, 15) is 0 Å². The molecule has 1 aliphatic carbocycles. The van der Waals surface area contributed by atoms with Gasteiger partial charge >= 0.3 is 0 Å². The molecule has 4 rings (SSSR count). The first-order valence-corrected chi connectivity index (χ1v) is 15.0. The van der Waals surface area contributed by atoms with E-state index >= 15 is 0 Å².